The number of carboxylic acid groups (broad SMARTS) is 2. The molecule has 2 rings (SSSR count). The lowest BCUT2D eigenvalue weighted by Gasteiger charge is -2.14. The Morgan fingerprint density at radius 3 is 1.46 bits per heavy atom. The van der Waals surface area contributed by atoms with Crippen LogP contribution < -0.4 is 9.47 Å². The molecule has 0 radical (unpaired) electrons. The van der Waals surface area contributed by atoms with E-state index in [1.54, 1.807) is 24.3 Å². The SMILES string of the molecule is COc1ccc(OC)c2c(C=CC(=O)O)ccc(C=CC(=O)O)c12. The van der Waals surface area contributed by atoms with E-state index in [9.17, 15) is 9.59 Å². The molecule has 2 aromatic carbocycles. The van der Waals surface area contributed by atoms with Gasteiger partial charge in [-0.05, 0) is 35.4 Å². The molecule has 2 aromatic rings. The Kier molecular flexibility index (Phi) is 5.21. The Labute approximate surface area is 138 Å². The van der Waals surface area contributed by atoms with Crippen molar-refractivity contribution in [2.75, 3.05) is 14.2 Å². The number of carboxylic acids is 2. The highest BCUT2D eigenvalue weighted by Crippen LogP contribution is 2.38. The second-order valence-electron chi connectivity index (χ2n) is 4.81. The Balaban J connectivity index is 2.85. The fourth-order valence-electron chi connectivity index (χ4n) is 2.42. The minimum absolute atomic E-state index is 0.529. The van der Waals surface area contributed by atoms with Crippen molar-refractivity contribution in [2.24, 2.45) is 0 Å². The standard InChI is InChI=1S/C18H16O6/c1-23-13-7-8-14(24-2)18-12(6-10-16(21)22)4-3-11(17(13)18)5-9-15(19)20/h3-10H,1-2H3,(H,19,20)(H,21,22). The minimum atomic E-state index is -1.07. The monoisotopic (exact) mass is 328 g/mol. The quantitative estimate of drug-likeness (QED) is 0.792. The lowest BCUT2D eigenvalue weighted by molar-refractivity contribution is -0.132. The Hall–Kier alpha value is -3.28. The molecule has 2 N–H and O–H groups in total. The third kappa shape index (κ3) is 3.55. The first-order valence-electron chi connectivity index (χ1n) is 6.97. The van der Waals surface area contributed by atoms with E-state index in [-0.39, 0.29) is 0 Å². The van der Waals surface area contributed by atoms with Gasteiger partial charge in [0.2, 0.25) is 0 Å². The van der Waals surface area contributed by atoms with Crippen LogP contribution in [0.3, 0.4) is 0 Å². The van der Waals surface area contributed by atoms with Gasteiger partial charge in [-0.15, -0.1) is 0 Å². The van der Waals surface area contributed by atoms with E-state index in [1.165, 1.54) is 26.4 Å². The highest BCUT2D eigenvalue weighted by atomic mass is 16.5. The average molecular weight is 328 g/mol. The molecule has 0 saturated heterocycles. The zero-order valence-corrected chi connectivity index (χ0v) is 13.1. The van der Waals surface area contributed by atoms with Crippen LogP contribution in [0, 0.1) is 0 Å². The van der Waals surface area contributed by atoms with Gasteiger partial charge in [0.1, 0.15) is 11.5 Å². The molecule has 124 valence electrons. The predicted molar refractivity (Wildman–Crippen MR) is 90.4 cm³/mol. The summed E-state index contributed by atoms with van der Waals surface area (Å²) in [6.07, 6.45) is 4.97. The van der Waals surface area contributed by atoms with Crippen LogP contribution in [0.5, 0.6) is 11.5 Å². The van der Waals surface area contributed by atoms with Gasteiger partial charge >= 0.3 is 11.9 Å². The molecule has 0 saturated carbocycles. The van der Waals surface area contributed by atoms with E-state index in [1.807, 2.05) is 0 Å². The van der Waals surface area contributed by atoms with Crippen molar-refractivity contribution < 1.29 is 29.3 Å². The van der Waals surface area contributed by atoms with E-state index in [4.69, 9.17) is 19.7 Å². The number of aliphatic carboxylic acids is 2. The number of hydrogen-bond acceptors (Lipinski definition) is 4. The summed E-state index contributed by atoms with van der Waals surface area (Å²) >= 11 is 0. The van der Waals surface area contributed by atoms with Crippen molar-refractivity contribution in [3.8, 4) is 11.5 Å². The molecule has 0 bridgehead atoms. The molecule has 24 heavy (non-hydrogen) atoms. The molecule has 0 unspecified atom stereocenters. The molecule has 0 amide bonds. The molecule has 0 aliphatic carbocycles. The fraction of sp³-hybridized carbons (Fsp3) is 0.111. The largest absolute Gasteiger partial charge is 0.496 e. The van der Waals surface area contributed by atoms with Crippen LogP contribution >= 0.6 is 0 Å². The normalized spacial score (nSPS) is 11.2. The summed E-state index contributed by atoms with van der Waals surface area (Å²) in [5, 5.41) is 19.0. The first-order chi connectivity index (χ1) is 11.5. The van der Waals surface area contributed by atoms with Gasteiger partial charge in [-0.25, -0.2) is 9.59 Å². The van der Waals surface area contributed by atoms with Crippen molar-refractivity contribution in [1.29, 1.82) is 0 Å². The zero-order chi connectivity index (χ0) is 17.7. The molecule has 0 fully saturated rings. The summed E-state index contributed by atoms with van der Waals surface area (Å²) in [6, 6.07) is 6.82. The molecule has 0 atom stereocenters. The van der Waals surface area contributed by atoms with Gasteiger partial charge in [0.05, 0.1) is 14.2 Å². The van der Waals surface area contributed by atoms with Crippen LogP contribution in [0.15, 0.2) is 36.4 Å². The molecule has 6 nitrogen and oxygen atoms in total. The van der Waals surface area contributed by atoms with Gasteiger partial charge in [0.25, 0.3) is 0 Å². The fourth-order valence-corrected chi connectivity index (χ4v) is 2.42. The molecule has 0 spiro atoms. The van der Waals surface area contributed by atoms with Crippen LogP contribution in [-0.4, -0.2) is 36.4 Å². The van der Waals surface area contributed by atoms with Gasteiger partial charge in [0, 0.05) is 22.9 Å². The summed E-state index contributed by atoms with van der Waals surface area (Å²) in [4.78, 5) is 21.6. The number of benzene rings is 2. The summed E-state index contributed by atoms with van der Waals surface area (Å²) in [5.41, 5.74) is 1.24. The molecule has 6 heteroatoms. The Bertz CT molecular complexity index is 778. The summed E-state index contributed by atoms with van der Waals surface area (Å²) in [7, 11) is 3.01. The van der Waals surface area contributed by atoms with Crippen molar-refractivity contribution in [3.05, 3.63) is 47.5 Å². The smallest absolute Gasteiger partial charge is 0.328 e. The van der Waals surface area contributed by atoms with Crippen LogP contribution in [0.25, 0.3) is 22.9 Å². The maximum absolute atomic E-state index is 10.8. The molecular formula is C18H16O6. The minimum Gasteiger partial charge on any atom is -0.496 e. The second-order valence-corrected chi connectivity index (χ2v) is 4.81. The summed E-state index contributed by atoms with van der Waals surface area (Å²) in [5.74, 6) is -1.08. The third-order valence-corrected chi connectivity index (χ3v) is 3.40. The molecular weight excluding hydrogens is 312 g/mol. The lowest BCUT2D eigenvalue weighted by atomic mass is 9.97. The lowest BCUT2D eigenvalue weighted by Crippen LogP contribution is -1.95. The highest BCUT2D eigenvalue weighted by Gasteiger charge is 2.13. The van der Waals surface area contributed by atoms with Crippen molar-refractivity contribution >= 4 is 34.9 Å². The number of carbonyl (C=O) groups is 2. The van der Waals surface area contributed by atoms with Gasteiger partial charge < -0.3 is 19.7 Å². The first-order valence-corrected chi connectivity index (χ1v) is 6.97. The summed E-state index contributed by atoms with van der Waals surface area (Å²) < 4.78 is 10.8. The van der Waals surface area contributed by atoms with Gasteiger partial charge in [-0.1, -0.05) is 12.1 Å². The topological polar surface area (TPSA) is 93.1 Å². The number of rotatable bonds is 6. The second kappa shape index (κ2) is 7.32. The van der Waals surface area contributed by atoms with Gasteiger partial charge in [0.15, 0.2) is 0 Å². The molecule has 0 aromatic heterocycles. The van der Waals surface area contributed by atoms with Crippen molar-refractivity contribution in [2.45, 2.75) is 0 Å². The van der Waals surface area contributed by atoms with Crippen molar-refractivity contribution in [1.82, 2.24) is 0 Å². The van der Waals surface area contributed by atoms with E-state index in [0.29, 0.717) is 33.4 Å². The van der Waals surface area contributed by atoms with Gasteiger partial charge in [-0.2, -0.15) is 0 Å². The number of methoxy groups -OCH3 is 2. The molecule has 0 aliphatic heterocycles. The Morgan fingerprint density at radius 1 is 0.792 bits per heavy atom. The van der Waals surface area contributed by atoms with E-state index < -0.39 is 11.9 Å². The maximum Gasteiger partial charge on any atom is 0.328 e. The van der Waals surface area contributed by atoms with Crippen molar-refractivity contribution in [3.63, 3.8) is 0 Å². The van der Waals surface area contributed by atoms with Crippen LogP contribution in [0.1, 0.15) is 11.1 Å². The van der Waals surface area contributed by atoms with E-state index in [2.05, 4.69) is 0 Å². The van der Waals surface area contributed by atoms with E-state index >= 15 is 0 Å². The zero-order valence-electron chi connectivity index (χ0n) is 13.1. The average Bonchev–Trinajstić information content (AvgIpc) is 2.57. The number of hydrogen-bond donors (Lipinski definition) is 2. The van der Waals surface area contributed by atoms with Crippen LogP contribution in [0.4, 0.5) is 0 Å². The number of fused-ring (bicyclic) bond motifs is 1. The van der Waals surface area contributed by atoms with Crippen LogP contribution in [-0.2, 0) is 9.59 Å². The molecule has 0 heterocycles. The molecule has 0 aliphatic rings. The maximum atomic E-state index is 10.8. The third-order valence-electron chi connectivity index (χ3n) is 3.40. The Morgan fingerprint density at radius 2 is 1.17 bits per heavy atom. The first kappa shape index (κ1) is 17.1. The summed E-state index contributed by atoms with van der Waals surface area (Å²) in [6.45, 7) is 0. The van der Waals surface area contributed by atoms with Gasteiger partial charge in [-0.3, -0.25) is 0 Å². The highest BCUT2D eigenvalue weighted by molar-refractivity contribution is 6.05. The van der Waals surface area contributed by atoms with E-state index in [0.717, 1.165) is 12.2 Å². The van der Waals surface area contributed by atoms with Crippen LogP contribution in [0.2, 0.25) is 0 Å². The predicted octanol–water partition coefficient (Wildman–Crippen LogP) is 3.05. The number of ether oxygens (including phenoxy) is 2.